The lowest BCUT2D eigenvalue weighted by molar-refractivity contribution is 0.0730. The number of carbonyl (C=O) groups is 1. The van der Waals surface area contributed by atoms with Gasteiger partial charge in [0.2, 0.25) is 10.0 Å². The molecule has 8 heteroatoms. The summed E-state index contributed by atoms with van der Waals surface area (Å²) >= 11 is 0. The number of benzene rings is 1. The summed E-state index contributed by atoms with van der Waals surface area (Å²) in [6.45, 7) is 1.16. The molecule has 1 aliphatic heterocycles. The molecule has 2 aliphatic rings. The van der Waals surface area contributed by atoms with Crippen molar-refractivity contribution in [2.75, 3.05) is 26.3 Å². The second-order valence-electron chi connectivity index (χ2n) is 7.17. The van der Waals surface area contributed by atoms with Crippen LogP contribution in [-0.4, -0.2) is 51.0 Å². The van der Waals surface area contributed by atoms with Gasteiger partial charge < -0.3 is 10.1 Å². The van der Waals surface area contributed by atoms with Gasteiger partial charge in [0.15, 0.2) is 0 Å². The molecule has 1 N–H and O–H groups in total. The topological polar surface area (TPSA) is 75.7 Å². The number of halogens is 1. The van der Waals surface area contributed by atoms with E-state index in [9.17, 15) is 17.6 Å². The third-order valence-corrected chi connectivity index (χ3v) is 7.13. The van der Waals surface area contributed by atoms with Crippen molar-refractivity contribution in [2.45, 2.75) is 55.9 Å². The van der Waals surface area contributed by atoms with Crippen molar-refractivity contribution in [2.24, 2.45) is 0 Å². The average molecular weight is 399 g/mol. The van der Waals surface area contributed by atoms with Gasteiger partial charge in [-0.05, 0) is 31.0 Å². The van der Waals surface area contributed by atoms with Gasteiger partial charge in [-0.15, -0.1) is 0 Å². The standard InChI is InChI=1S/C19H27FN2O4S/c20-18-9-8-16(27(24,25)22-10-12-26-13-11-22)14-17(18)19(23)21-15-6-4-2-1-3-5-7-15/h8-9,14-15H,1-7,10-13H2,(H,21,23). The Hall–Kier alpha value is -1.51. The highest BCUT2D eigenvalue weighted by Crippen LogP contribution is 2.22. The third-order valence-electron chi connectivity index (χ3n) is 5.23. The van der Waals surface area contributed by atoms with Gasteiger partial charge in [0.25, 0.3) is 5.91 Å². The van der Waals surface area contributed by atoms with Crippen LogP contribution in [0.2, 0.25) is 0 Å². The van der Waals surface area contributed by atoms with E-state index in [1.165, 1.54) is 16.8 Å². The Balaban J connectivity index is 1.77. The summed E-state index contributed by atoms with van der Waals surface area (Å²) in [5, 5.41) is 2.89. The number of nitrogens with one attached hydrogen (secondary N) is 1. The van der Waals surface area contributed by atoms with Gasteiger partial charge in [-0.2, -0.15) is 4.31 Å². The van der Waals surface area contributed by atoms with Gasteiger partial charge in [0, 0.05) is 19.1 Å². The van der Waals surface area contributed by atoms with E-state index < -0.39 is 21.7 Å². The summed E-state index contributed by atoms with van der Waals surface area (Å²) in [4.78, 5) is 12.5. The van der Waals surface area contributed by atoms with E-state index in [1.54, 1.807) is 0 Å². The summed E-state index contributed by atoms with van der Waals surface area (Å²) in [5.74, 6) is -1.25. The van der Waals surface area contributed by atoms with E-state index in [2.05, 4.69) is 5.32 Å². The molecule has 3 rings (SSSR count). The molecule has 1 heterocycles. The van der Waals surface area contributed by atoms with E-state index in [4.69, 9.17) is 4.74 Å². The van der Waals surface area contributed by atoms with Crippen molar-refractivity contribution in [3.63, 3.8) is 0 Å². The minimum absolute atomic E-state index is 0.0108. The predicted molar refractivity (Wildman–Crippen MR) is 99.6 cm³/mol. The number of sulfonamides is 1. The summed E-state index contributed by atoms with van der Waals surface area (Å²) in [7, 11) is -3.77. The molecule has 0 bridgehead atoms. The van der Waals surface area contributed by atoms with E-state index >= 15 is 0 Å². The largest absolute Gasteiger partial charge is 0.379 e. The number of nitrogens with zero attached hydrogens (tertiary/aromatic N) is 1. The fraction of sp³-hybridized carbons (Fsp3) is 0.632. The number of hydrogen-bond donors (Lipinski definition) is 1. The number of rotatable bonds is 4. The summed E-state index contributed by atoms with van der Waals surface area (Å²) in [6.07, 6.45) is 7.34. The van der Waals surface area contributed by atoms with Crippen LogP contribution in [-0.2, 0) is 14.8 Å². The van der Waals surface area contributed by atoms with Gasteiger partial charge in [-0.3, -0.25) is 4.79 Å². The monoisotopic (exact) mass is 398 g/mol. The zero-order valence-electron chi connectivity index (χ0n) is 15.5. The quantitative estimate of drug-likeness (QED) is 0.846. The molecule has 1 aromatic carbocycles. The normalized spacial score (nSPS) is 20.6. The van der Waals surface area contributed by atoms with Crippen LogP contribution in [0.15, 0.2) is 23.1 Å². The smallest absolute Gasteiger partial charge is 0.254 e. The average Bonchev–Trinajstić information content (AvgIpc) is 2.64. The Morgan fingerprint density at radius 3 is 2.37 bits per heavy atom. The SMILES string of the molecule is O=C(NC1CCCCCCC1)c1cc(S(=O)(=O)N2CCOCC2)ccc1F. The zero-order chi connectivity index (χ0) is 19.3. The highest BCUT2D eigenvalue weighted by molar-refractivity contribution is 7.89. The molecule has 2 fully saturated rings. The van der Waals surface area contributed by atoms with Crippen molar-refractivity contribution in [1.29, 1.82) is 0 Å². The molecule has 1 aliphatic carbocycles. The lowest BCUT2D eigenvalue weighted by Crippen LogP contribution is -2.40. The van der Waals surface area contributed by atoms with Crippen LogP contribution in [0, 0.1) is 5.82 Å². The van der Waals surface area contributed by atoms with Crippen LogP contribution in [0.3, 0.4) is 0 Å². The maximum Gasteiger partial charge on any atom is 0.254 e. The minimum Gasteiger partial charge on any atom is -0.379 e. The molecule has 0 radical (unpaired) electrons. The second-order valence-corrected chi connectivity index (χ2v) is 9.11. The minimum atomic E-state index is -3.77. The number of hydrogen-bond acceptors (Lipinski definition) is 4. The van der Waals surface area contributed by atoms with Crippen molar-refractivity contribution in [3.05, 3.63) is 29.6 Å². The second kappa shape index (κ2) is 9.12. The van der Waals surface area contributed by atoms with Crippen molar-refractivity contribution >= 4 is 15.9 Å². The van der Waals surface area contributed by atoms with E-state index in [0.717, 1.165) is 50.7 Å². The fourth-order valence-electron chi connectivity index (χ4n) is 3.64. The fourth-order valence-corrected chi connectivity index (χ4v) is 5.07. The highest BCUT2D eigenvalue weighted by Gasteiger charge is 2.28. The maximum absolute atomic E-state index is 14.3. The molecule has 1 saturated heterocycles. The molecule has 1 saturated carbocycles. The van der Waals surface area contributed by atoms with Crippen molar-refractivity contribution in [3.8, 4) is 0 Å². The van der Waals surface area contributed by atoms with Gasteiger partial charge in [0.05, 0.1) is 23.7 Å². The maximum atomic E-state index is 14.3. The van der Waals surface area contributed by atoms with Crippen LogP contribution in [0.4, 0.5) is 4.39 Å². The summed E-state index contributed by atoms with van der Waals surface area (Å²) in [6, 6.07) is 3.43. The number of amides is 1. The Labute approximate surface area is 160 Å². The molecule has 27 heavy (non-hydrogen) atoms. The third kappa shape index (κ3) is 5.06. The summed E-state index contributed by atoms with van der Waals surface area (Å²) < 4.78 is 46.3. The molecule has 0 spiro atoms. The predicted octanol–water partition coefficient (Wildman–Crippen LogP) is 2.69. The number of morpholine rings is 1. The van der Waals surface area contributed by atoms with Gasteiger partial charge in [-0.1, -0.05) is 32.1 Å². The van der Waals surface area contributed by atoms with Crippen LogP contribution in [0.5, 0.6) is 0 Å². The molecule has 0 aromatic heterocycles. The molecular weight excluding hydrogens is 371 g/mol. The first-order chi connectivity index (χ1) is 13.0. The molecular formula is C19H27FN2O4S. The van der Waals surface area contributed by atoms with Crippen LogP contribution in [0.1, 0.15) is 55.3 Å². The van der Waals surface area contributed by atoms with E-state index in [-0.39, 0.29) is 29.6 Å². The van der Waals surface area contributed by atoms with Crippen LogP contribution >= 0.6 is 0 Å². The Morgan fingerprint density at radius 2 is 1.70 bits per heavy atom. The Kier molecular flexibility index (Phi) is 6.83. The first-order valence-electron chi connectivity index (χ1n) is 9.67. The Morgan fingerprint density at radius 1 is 1.07 bits per heavy atom. The van der Waals surface area contributed by atoms with E-state index in [1.807, 2.05) is 0 Å². The molecule has 6 nitrogen and oxygen atoms in total. The summed E-state index contributed by atoms with van der Waals surface area (Å²) in [5.41, 5.74) is -0.216. The van der Waals surface area contributed by atoms with Crippen molar-refractivity contribution < 1.29 is 22.3 Å². The van der Waals surface area contributed by atoms with Gasteiger partial charge >= 0.3 is 0 Å². The van der Waals surface area contributed by atoms with Crippen LogP contribution < -0.4 is 5.32 Å². The number of ether oxygens (including phenoxy) is 1. The van der Waals surface area contributed by atoms with Gasteiger partial charge in [0.1, 0.15) is 5.82 Å². The first kappa shape index (κ1) is 20.2. The lowest BCUT2D eigenvalue weighted by atomic mass is 9.96. The van der Waals surface area contributed by atoms with Crippen molar-refractivity contribution in [1.82, 2.24) is 9.62 Å². The van der Waals surface area contributed by atoms with Crippen LogP contribution in [0.25, 0.3) is 0 Å². The van der Waals surface area contributed by atoms with Gasteiger partial charge in [-0.25, -0.2) is 12.8 Å². The molecule has 0 unspecified atom stereocenters. The van der Waals surface area contributed by atoms with E-state index in [0.29, 0.717) is 13.2 Å². The Bertz CT molecular complexity index is 755. The molecule has 0 atom stereocenters. The first-order valence-corrected chi connectivity index (χ1v) is 11.1. The highest BCUT2D eigenvalue weighted by atomic mass is 32.2. The molecule has 150 valence electrons. The lowest BCUT2D eigenvalue weighted by Gasteiger charge is -2.26. The zero-order valence-corrected chi connectivity index (χ0v) is 16.3. The molecule has 1 amide bonds. The number of carbonyl (C=O) groups excluding carboxylic acids is 1. The molecule has 1 aromatic rings.